The minimum absolute atomic E-state index is 0.231. The van der Waals surface area contributed by atoms with Crippen LogP contribution in [0, 0.1) is 6.92 Å². The summed E-state index contributed by atoms with van der Waals surface area (Å²) in [6, 6.07) is 10.0. The minimum Gasteiger partial charge on any atom is -0.493 e. The van der Waals surface area contributed by atoms with E-state index < -0.39 is 0 Å². The first-order chi connectivity index (χ1) is 8.74. The molecule has 3 rings (SSSR count). The van der Waals surface area contributed by atoms with E-state index in [0.717, 1.165) is 42.3 Å². The van der Waals surface area contributed by atoms with Crippen LogP contribution in [0.5, 0.6) is 5.75 Å². The number of hydrogen-bond donors (Lipinski definition) is 0. The topological polar surface area (TPSA) is 22.4 Å². The Morgan fingerprint density at radius 3 is 2.89 bits per heavy atom. The molecule has 0 bridgehead atoms. The second kappa shape index (κ2) is 4.69. The molecule has 0 saturated carbocycles. The van der Waals surface area contributed by atoms with Gasteiger partial charge in [-0.25, -0.2) is 0 Å². The van der Waals surface area contributed by atoms with Crippen LogP contribution in [0.25, 0.3) is 0 Å². The molecule has 0 fully saturated rings. The van der Waals surface area contributed by atoms with E-state index in [2.05, 4.69) is 6.07 Å². The lowest BCUT2D eigenvalue weighted by Gasteiger charge is -2.18. The van der Waals surface area contributed by atoms with Crippen molar-refractivity contribution in [2.24, 2.45) is 0 Å². The highest BCUT2D eigenvalue weighted by Gasteiger charge is 2.17. The Morgan fingerprint density at radius 1 is 1.22 bits per heavy atom. The zero-order chi connectivity index (χ0) is 12.5. The van der Waals surface area contributed by atoms with E-state index in [4.69, 9.17) is 20.8 Å². The maximum Gasteiger partial charge on any atom is 0.126 e. The number of hydrogen-bond acceptors (Lipinski definition) is 2. The molecule has 94 valence electrons. The lowest BCUT2D eigenvalue weighted by Crippen LogP contribution is -2.08. The zero-order valence-corrected chi connectivity index (χ0v) is 11.0. The molecule has 0 N–H and O–H groups in total. The largest absolute Gasteiger partial charge is 0.493 e. The molecule has 0 aliphatic carbocycles. The quantitative estimate of drug-likeness (QED) is 0.756. The number of alkyl halides is 1. The smallest absolute Gasteiger partial charge is 0.126 e. The molecule has 2 aromatic rings. The molecule has 0 radical (unpaired) electrons. The normalized spacial score (nSPS) is 15.9. The van der Waals surface area contributed by atoms with E-state index in [1.54, 1.807) is 0 Å². The van der Waals surface area contributed by atoms with Gasteiger partial charge >= 0.3 is 0 Å². The van der Waals surface area contributed by atoms with Crippen LogP contribution in [0.2, 0.25) is 0 Å². The summed E-state index contributed by atoms with van der Waals surface area (Å²) < 4.78 is 11.2. The highest BCUT2D eigenvalue weighted by molar-refractivity contribution is 6.22. The summed E-state index contributed by atoms with van der Waals surface area (Å²) in [6.07, 6.45) is 2.13. The molecule has 1 aliphatic heterocycles. The highest BCUT2D eigenvalue weighted by atomic mass is 35.5. The first-order valence-electron chi connectivity index (χ1n) is 6.20. The van der Waals surface area contributed by atoms with Crippen LogP contribution >= 0.6 is 11.6 Å². The van der Waals surface area contributed by atoms with Gasteiger partial charge in [0.1, 0.15) is 22.6 Å². The van der Waals surface area contributed by atoms with Crippen LogP contribution in [0.3, 0.4) is 0 Å². The molecule has 1 unspecified atom stereocenters. The third-order valence-corrected chi connectivity index (χ3v) is 3.70. The number of aryl methyl sites for hydroxylation is 2. The molecule has 1 aromatic carbocycles. The van der Waals surface area contributed by atoms with Gasteiger partial charge in [0.05, 0.1) is 6.61 Å². The Labute approximate surface area is 112 Å². The summed E-state index contributed by atoms with van der Waals surface area (Å²) in [5, 5.41) is -0.231. The molecule has 2 nitrogen and oxygen atoms in total. The molecule has 1 atom stereocenters. The summed E-state index contributed by atoms with van der Waals surface area (Å²) >= 11 is 6.45. The lowest BCUT2D eigenvalue weighted by molar-refractivity contribution is 0.288. The first-order valence-corrected chi connectivity index (χ1v) is 6.64. The van der Waals surface area contributed by atoms with Gasteiger partial charge in [-0.15, -0.1) is 11.6 Å². The molecule has 2 heterocycles. The Hall–Kier alpha value is -1.41. The SMILES string of the molecule is Cc1ccc(C(Cl)c2ccc3c(c2)CCCO3)o1. The first kappa shape index (κ1) is 11.7. The fourth-order valence-electron chi connectivity index (χ4n) is 2.29. The predicted molar refractivity (Wildman–Crippen MR) is 71.4 cm³/mol. The maximum absolute atomic E-state index is 6.45. The third-order valence-electron chi connectivity index (χ3n) is 3.24. The fraction of sp³-hybridized carbons (Fsp3) is 0.333. The van der Waals surface area contributed by atoms with Crippen molar-refractivity contribution in [1.82, 2.24) is 0 Å². The molecule has 0 saturated heterocycles. The standard InChI is InChI=1S/C15H15ClO2/c1-10-4-6-14(18-10)15(16)12-5-7-13-11(9-12)3-2-8-17-13/h4-7,9,15H,2-3,8H2,1H3. The molecule has 1 aliphatic rings. The summed E-state index contributed by atoms with van der Waals surface area (Å²) in [6.45, 7) is 2.74. The summed E-state index contributed by atoms with van der Waals surface area (Å²) in [5.74, 6) is 2.67. The number of furan rings is 1. The number of halogens is 1. The van der Waals surface area contributed by atoms with Crippen molar-refractivity contribution in [2.45, 2.75) is 25.1 Å². The average molecular weight is 263 g/mol. The highest BCUT2D eigenvalue weighted by Crippen LogP contribution is 2.34. The van der Waals surface area contributed by atoms with Gasteiger partial charge < -0.3 is 9.15 Å². The van der Waals surface area contributed by atoms with E-state index in [-0.39, 0.29) is 5.38 Å². The van der Waals surface area contributed by atoms with Gasteiger partial charge in [0.25, 0.3) is 0 Å². The van der Waals surface area contributed by atoms with Crippen molar-refractivity contribution < 1.29 is 9.15 Å². The van der Waals surface area contributed by atoms with Crippen molar-refractivity contribution >= 4 is 11.6 Å². The van der Waals surface area contributed by atoms with E-state index in [9.17, 15) is 0 Å². The zero-order valence-electron chi connectivity index (χ0n) is 10.3. The van der Waals surface area contributed by atoms with Gasteiger partial charge in [-0.2, -0.15) is 0 Å². The van der Waals surface area contributed by atoms with Crippen LogP contribution in [0.1, 0.15) is 34.4 Å². The molecule has 0 spiro atoms. The van der Waals surface area contributed by atoms with Gasteiger partial charge in [0.15, 0.2) is 0 Å². The number of fused-ring (bicyclic) bond motifs is 1. The molecular weight excluding hydrogens is 248 g/mol. The van der Waals surface area contributed by atoms with Crippen molar-refractivity contribution in [3.05, 3.63) is 53.0 Å². The van der Waals surface area contributed by atoms with Crippen LogP contribution < -0.4 is 4.74 Å². The van der Waals surface area contributed by atoms with Gasteiger partial charge in [-0.1, -0.05) is 12.1 Å². The Bertz CT molecular complexity index is 559. The second-order valence-corrected chi connectivity index (χ2v) is 5.07. The molecular formula is C15H15ClO2. The monoisotopic (exact) mass is 262 g/mol. The van der Waals surface area contributed by atoms with E-state index in [1.165, 1.54) is 5.56 Å². The van der Waals surface area contributed by atoms with Crippen molar-refractivity contribution in [1.29, 1.82) is 0 Å². The molecule has 18 heavy (non-hydrogen) atoms. The Balaban J connectivity index is 1.92. The second-order valence-electron chi connectivity index (χ2n) is 4.63. The van der Waals surface area contributed by atoms with E-state index in [0.29, 0.717) is 0 Å². The van der Waals surface area contributed by atoms with Crippen molar-refractivity contribution in [2.75, 3.05) is 6.61 Å². The van der Waals surface area contributed by atoms with Gasteiger partial charge in [-0.3, -0.25) is 0 Å². The number of ether oxygens (including phenoxy) is 1. The lowest BCUT2D eigenvalue weighted by atomic mass is 10.0. The van der Waals surface area contributed by atoms with Crippen LogP contribution in [-0.2, 0) is 6.42 Å². The van der Waals surface area contributed by atoms with Crippen LogP contribution in [0.4, 0.5) is 0 Å². The average Bonchev–Trinajstić information content (AvgIpc) is 2.84. The van der Waals surface area contributed by atoms with E-state index >= 15 is 0 Å². The van der Waals surface area contributed by atoms with Gasteiger partial charge in [0, 0.05) is 0 Å². The Morgan fingerprint density at radius 2 is 2.11 bits per heavy atom. The van der Waals surface area contributed by atoms with Gasteiger partial charge in [0.2, 0.25) is 0 Å². The van der Waals surface area contributed by atoms with Crippen molar-refractivity contribution in [3.8, 4) is 5.75 Å². The van der Waals surface area contributed by atoms with Gasteiger partial charge in [-0.05, 0) is 49.1 Å². The maximum atomic E-state index is 6.45. The van der Waals surface area contributed by atoms with Crippen LogP contribution in [-0.4, -0.2) is 6.61 Å². The molecule has 3 heteroatoms. The summed E-state index contributed by atoms with van der Waals surface area (Å²) in [4.78, 5) is 0. The van der Waals surface area contributed by atoms with Crippen molar-refractivity contribution in [3.63, 3.8) is 0 Å². The van der Waals surface area contributed by atoms with Crippen LogP contribution in [0.15, 0.2) is 34.7 Å². The molecule has 1 aromatic heterocycles. The summed E-state index contributed by atoms with van der Waals surface area (Å²) in [7, 11) is 0. The minimum atomic E-state index is -0.231. The third kappa shape index (κ3) is 2.13. The Kier molecular flexibility index (Phi) is 3.04. The summed E-state index contributed by atoms with van der Waals surface area (Å²) in [5.41, 5.74) is 2.31. The predicted octanol–water partition coefficient (Wildman–Crippen LogP) is 4.24. The van der Waals surface area contributed by atoms with E-state index in [1.807, 2.05) is 31.2 Å². The molecule has 0 amide bonds. The number of rotatable bonds is 2. The number of benzene rings is 1. The fourth-order valence-corrected chi connectivity index (χ4v) is 2.54.